The number of hydrogen-bond donors (Lipinski definition) is 1. The minimum atomic E-state index is -3.35. The molecule has 1 atom stereocenters. The zero-order chi connectivity index (χ0) is 19.3. The first kappa shape index (κ1) is 19.6. The van der Waals surface area contributed by atoms with Gasteiger partial charge >= 0.3 is 0 Å². The molecule has 1 aliphatic rings. The Kier molecular flexibility index (Phi) is 6.28. The Balaban J connectivity index is 1.51. The third kappa shape index (κ3) is 5.40. The van der Waals surface area contributed by atoms with Crippen molar-refractivity contribution in [2.75, 3.05) is 19.6 Å². The van der Waals surface area contributed by atoms with Crippen LogP contribution in [0.4, 0.5) is 0 Å². The van der Waals surface area contributed by atoms with Crippen molar-refractivity contribution in [1.29, 1.82) is 0 Å². The Morgan fingerprint density at radius 3 is 2.78 bits per heavy atom. The number of piperidine rings is 1. The number of imidazole rings is 1. The number of aromatic nitrogens is 2. The summed E-state index contributed by atoms with van der Waals surface area (Å²) in [4.78, 5) is 16.2. The van der Waals surface area contributed by atoms with Crippen molar-refractivity contribution >= 4 is 15.9 Å². The number of rotatable bonds is 7. The largest absolute Gasteiger partial charge is 0.354 e. The van der Waals surface area contributed by atoms with Crippen LogP contribution in [0.25, 0.3) is 0 Å². The van der Waals surface area contributed by atoms with E-state index >= 15 is 0 Å². The minimum Gasteiger partial charge on any atom is -0.354 e. The Hall–Kier alpha value is -2.19. The summed E-state index contributed by atoms with van der Waals surface area (Å²) in [6.07, 6.45) is 5.17. The van der Waals surface area contributed by atoms with E-state index in [2.05, 4.69) is 10.3 Å². The molecule has 1 unspecified atom stereocenters. The second-order valence-corrected chi connectivity index (χ2v) is 8.98. The summed E-state index contributed by atoms with van der Waals surface area (Å²) in [7, 11) is -3.35. The fourth-order valence-corrected chi connectivity index (χ4v) is 5.00. The maximum atomic E-state index is 12.7. The molecule has 1 aromatic carbocycles. The molecule has 1 aliphatic heterocycles. The van der Waals surface area contributed by atoms with E-state index in [4.69, 9.17) is 0 Å². The average Bonchev–Trinajstić information content (AvgIpc) is 3.05. The molecule has 0 spiro atoms. The third-order valence-electron chi connectivity index (χ3n) is 4.89. The molecule has 1 amide bonds. The van der Waals surface area contributed by atoms with Gasteiger partial charge in [0.1, 0.15) is 12.4 Å². The summed E-state index contributed by atoms with van der Waals surface area (Å²) in [5.74, 6) is 0.866. The third-order valence-corrected chi connectivity index (χ3v) is 6.71. The van der Waals surface area contributed by atoms with Gasteiger partial charge in [-0.3, -0.25) is 4.79 Å². The second kappa shape index (κ2) is 8.67. The first-order valence-corrected chi connectivity index (χ1v) is 10.8. The van der Waals surface area contributed by atoms with Gasteiger partial charge in [-0.1, -0.05) is 30.3 Å². The van der Waals surface area contributed by atoms with Crippen molar-refractivity contribution in [3.8, 4) is 0 Å². The van der Waals surface area contributed by atoms with E-state index in [0.29, 0.717) is 19.6 Å². The van der Waals surface area contributed by atoms with E-state index in [1.54, 1.807) is 21.3 Å². The Morgan fingerprint density at radius 2 is 2.07 bits per heavy atom. The Bertz CT molecular complexity index is 864. The highest BCUT2D eigenvalue weighted by atomic mass is 32.2. The lowest BCUT2D eigenvalue weighted by atomic mass is 10.00. The maximum absolute atomic E-state index is 12.7. The van der Waals surface area contributed by atoms with Crippen LogP contribution in [0.3, 0.4) is 0 Å². The molecule has 0 aliphatic carbocycles. The van der Waals surface area contributed by atoms with Crippen molar-refractivity contribution in [2.45, 2.75) is 32.1 Å². The van der Waals surface area contributed by atoms with Gasteiger partial charge in [-0.25, -0.2) is 17.7 Å². The van der Waals surface area contributed by atoms with Gasteiger partial charge in [0.2, 0.25) is 15.9 Å². The molecule has 0 saturated carbocycles. The molecule has 3 rings (SSSR count). The fourth-order valence-electron chi connectivity index (χ4n) is 3.36. The molecule has 1 N–H and O–H groups in total. The van der Waals surface area contributed by atoms with Gasteiger partial charge in [-0.15, -0.1) is 0 Å². The summed E-state index contributed by atoms with van der Waals surface area (Å²) in [5, 5.41) is 2.93. The topological polar surface area (TPSA) is 84.3 Å². The van der Waals surface area contributed by atoms with Gasteiger partial charge < -0.3 is 9.88 Å². The van der Waals surface area contributed by atoms with Gasteiger partial charge in [0.05, 0.1) is 5.75 Å². The van der Waals surface area contributed by atoms with Crippen molar-refractivity contribution in [2.24, 2.45) is 5.92 Å². The van der Waals surface area contributed by atoms with Crippen LogP contribution in [0.15, 0.2) is 42.7 Å². The van der Waals surface area contributed by atoms with E-state index < -0.39 is 10.0 Å². The van der Waals surface area contributed by atoms with Crippen LogP contribution in [-0.4, -0.2) is 47.8 Å². The molecule has 1 fully saturated rings. The molecule has 8 heteroatoms. The molecular weight excluding hydrogens is 364 g/mol. The molecule has 0 bridgehead atoms. The van der Waals surface area contributed by atoms with Gasteiger partial charge in [0.15, 0.2) is 0 Å². The number of aryl methyl sites for hydroxylation is 1. The predicted molar refractivity (Wildman–Crippen MR) is 103 cm³/mol. The van der Waals surface area contributed by atoms with Crippen molar-refractivity contribution in [3.63, 3.8) is 0 Å². The molecule has 0 radical (unpaired) electrons. The molecule has 2 heterocycles. The van der Waals surface area contributed by atoms with Crippen LogP contribution >= 0.6 is 0 Å². The molecule has 146 valence electrons. The summed E-state index contributed by atoms with van der Waals surface area (Å²) in [6, 6.07) is 9.23. The average molecular weight is 391 g/mol. The summed E-state index contributed by atoms with van der Waals surface area (Å²) >= 11 is 0. The van der Waals surface area contributed by atoms with Gasteiger partial charge in [0, 0.05) is 32.0 Å². The van der Waals surface area contributed by atoms with Crippen molar-refractivity contribution in [3.05, 3.63) is 54.1 Å². The smallest absolute Gasteiger partial charge is 0.239 e. The maximum Gasteiger partial charge on any atom is 0.239 e. The van der Waals surface area contributed by atoms with E-state index in [-0.39, 0.29) is 24.1 Å². The first-order chi connectivity index (χ1) is 12.9. The quantitative estimate of drug-likeness (QED) is 0.777. The highest BCUT2D eigenvalue weighted by molar-refractivity contribution is 7.88. The fraction of sp³-hybridized carbons (Fsp3) is 0.474. The van der Waals surface area contributed by atoms with Crippen LogP contribution < -0.4 is 5.32 Å². The lowest BCUT2D eigenvalue weighted by Gasteiger charge is -2.32. The summed E-state index contributed by atoms with van der Waals surface area (Å²) < 4.78 is 28.8. The standard InChI is InChI=1S/C19H26N4O3S/c1-16-20-9-11-22(16)14-19(24)21-12-18-8-5-10-23(13-18)27(25,26)15-17-6-3-2-4-7-17/h2-4,6-7,9,11,18H,5,8,10,12-15H2,1H3,(H,21,24). The summed E-state index contributed by atoms with van der Waals surface area (Å²) in [6.45, 7) is 3.58. The highest BCUT2D eigenvalue weighted by Gasteiger charge is 2.29. The van der Waals surface area contributed by atoms with Crippen LogP contribution in [0.1, 0.15) is 24.2 Å². The Labute approximate surface area is 160 Å². The zero-order valence-corrected chi connectivity index (χ0v) is 16.4. The van der Waals surface area contributed by atoms with Crippen molar-refractivity contribution < 1.29 is 13.2 Å². The number of amides is 1. The second-order valence-electron chi connectivity index (χ2n) is 7.01. The number of nitrogens with one attached hydrogen (secondary N) is 1. The van der Waals surface area contributed by atoms with E-state index in [9.17, 15) is 13.2 Å². The van der Waals surface area contributed by atoms with Gasteiger partial charge in [0.25, 0.3) is 0 Å². The van der Waals surface area contributed by atoms with Crippen LogP contribution in [0.2, 0.25) is 0 Å². The molecular formula is C19H26N4O3S. The molecule has 1 aromatic heterocycles. The van der Waals surface area contributed by atoms with E-state index in [1.807, 2.05) is 37.3 Å². The first-order valence-electron chi connectivity index (χ1n) is 9.20. The normalized spacial score (nSPS) is 18.3. The molecule has 7 nitrogen and oxygen atoms in total. The lowest BCUT2D eigenvalue weighted by Crippen LogP contribution is -2.44. The Morgan fingerprint density at radius 1 is 1.30 bits per heavy atom. The minimum absolute atomic E-state index is 0.0207. The van der Waals surface area contributed by atoms with Crippen LogP contribution in [0, 0.1) is 12.8 Å². The predicted octanol–water partition coefficient (Wildman–Crippen LogP) is 1.55. The summed E-state index contributed by atoms with van der Waals surface area (Å²) in [5.41, 5.74) is 0.795. The van der Waals surface area contributed by atoms with E-state index in [0.717, 1.165) is 24.2 Å². The highest BCUT2D eigenvalue weighted by Crippen LogP contribution is 2.21. The number of carbonyl (C=O) groups is 1. The molecule has 27 heavy (non-hydrogen) atoms. The molecule has 2 aromatic rings. The van der Waals surface area contributed by atoms with Gasteiger partial charge in [-0.05, 0) is 31.2 Å². The van der Waals surface area contributed by atoms with Crippen LogP contribution in [-0.2, 0) is 27.1 Å². The number of sulfonamides is 1. The van der Waals surface area contributed by atoms with E-state index in [1.165, 1.54) is 0 Å². The number of carbonyl (C=O) groups excluding carboxylic acids is 1. The zero-order valence-electron chi connectivity index (χ0n) is 15.5. The lowest BCUT2D eigenvalue weighted by molar-refractivity contribution is -0.121. The van der Waals surface area contributed by atoms with Crippen LogP contribution in [0.5, 0.6) is 0 Å². The number of benzene rings is 1. The SMILES string of the molecule is Cc1nccn1CC(=O)NCC1CCCN(S(=O)(=O)Cc2ccccc2)C1. The number of nitrogens with zero attached hydrogens (tertiary/aromatic N) is 3. The van der Waals surface area contributed by atoms with Crippen molar-refractivity contribution in [1.82, 2.24) is 19.2 Å². The van der Waals surface area contributed by atoms with Gasteiger partial charge in [-0.2, -0.15) is 0 Å². The monoisotopic (exact) mass is 390 g/mol. The number of hydrogen-bond acceptors (Lipinski definition) is 4. The molecule has 1 saturated heterocycles.